The molecule has 1 amide bonds. The highest BCUT2D eigenvalue weighted by Crippen LogP contribution is 2.37. The van der Waals surface area contributed by atoms with Crippen LogP contribution >= 0.6 is 28.3 Å². The molecule has 1 fully saturated rings. The number of hydrogen-bond donors (Lipinski definition) is 2. The average Bonchev–Trinajstić information content (AvgIpc) is 2.69. The lowest BCUT2D eigenvalue weighted by molar-refractivity contribution is 0.177. The standard InChI is InChI=1S/C10H10BrNO4.ClH/c1-15-8-3-5(2-6(11)9(8)13)7-4-16-10(14)12-7;/h2-3,7,13H,4H2,1H3,(H,12,14);1H/t7-;/m1./s1. The molecule has 1 aromatic carbocycles. The van der Waals surface area contributed by atoms with Gasteiger partial charge in [-0.2, -0.15) is 0 Å². The van der Waals surface area contributed by atoms with Crippen LogP contribution in [0.3, 0.4) is 0 Å². The molecule has 0 spiro atoms. The minimum absolute atomic E-state index is 0. The van der Waals surface area contributed by atoms with Gasteiger partial charge in [-0.3, -0.25) is 0 Å². The second kappa shape index (κ2) is 5.46. The molecule has 0 aromatic heterocycles. The second-order valence-corrected chi connectivity index (χ2v) is 4.20. The van der Waals surface area contributed by atoms with Crippen molar-refractivity contribution in [3.8, 4) is 11.5 Å². The molecule has 1 atom stereocenters. The summed E-state index contributed by atoms with van der Waals surface area (Å²) in [7, 11) is 1.47. The summed E-state index contributed by atoms with van der Waals surface area (Å²) in [5.41, 5.74) is 0.812. The van der Waals surface area contributed by atoms with Crippen molar-refractivity contribution < 1.29 is 19.4 Å². The third-order valence-electron chi connectivity index (χ3n) is 2.35. The van der Waals surface area contributed by atoms with Crippen molar-refractivity contribution in [1.29, 1.82) is 0 Å². The Morgan fingerprint density at radius 3 is 2.82 bits per heavy atom. The number of alkyl carbamates (subject to hydrolysis) is 1. The smallest absolute Gasteiger partial charge is 0.407 e. The molecule has 0 unspecified atom stereocenters. The van der Waals surface area contributed by atoms with E-state index >= 15 is 0 Å². The number of amides is 1. The Balaban J connectivity index is 0.00000144. The van der Waals surface area contributed by atoms with Gasteiger partial charge in [-0.25, -0.2) is 4.79 Å². The summed E-state index contributed by atoms with van der Waals surface area (Å²) in [6, 6.07) is 3.18. The van der Waals surface area contributed by atoms with Gasteiger partial charge in [0, 0.05) is 0 Å². The monoisotopic (exact) mass is 323 g/mol. The van der Waals surface area contributed by atoms with E-state index in [4.69, 9.17) is 9.47 Å². The predicted molar refractivity (Wildman–Crippen MR) is 66.8 cm³/mol. The lowest BCUT2D eigenvalue weighted by atomic mass is 10.1. The Morgan fingerprint density at radius 1 is 1.59 bits per heavy atom. The van der Waals surface area contributed by atoms with Crippen molar-refractivity contribution in [1.82, 2.24) is 5.32 Å². The molecule has 1 saturated heterocycles. The number of methoxy groups -OCH3 is 1. The lowest BCUT2D eigenvalue weighted by Gasteiger charge is -2.12. The first-order chi connectivity index (χ1) is 7.61. The normalized spacial score (nSPS) is 18.0. The molecule has 2 N–H and O–H groups in total. The second-order valence-electron chi connectivity index (χ2n) is 3.35. The molecule has 17 heavy (non-hydrogen) atoms. The van der Waals surface area contributed by atoms with Crippen molar-refractivity contribution in [2.24, 2.45) is 0 Å². The van der Waals surface area contributed by atoms with Crippen LogP contribution in [0.1, 0.15) is 11.6 Å². The van der Waals surface area contributed by atoms with E-state index in [1.807, 2.05) is 0 Å². The van der Waals surface area contributed by atoms with Crippen LogP contribution in [0.2, 0.25) is 0 Å². The van der Waals surface area contributed by atoms with E-state index in [-0.39, 0.29) is 30.8 Å². The third-order valence-corrected chi connectivity index (χ3v) is 2.95. The van der Waals surface area contributed by atoms with Gasteiger partial charge in [-0.05, 0) is 33.6 Å². The molecule has 0 bridgehead atoms. The minimum atomic E-state index is -0.437. The maximum absolute atomic E-state index is 10.9. The number of ether oxygens (including phenoxy) is 2. The number of benzene rings is 1. The molecule has 1 heterocycles. The number of carbonyl (C=O) groups excluding carboxylic acids is 1. The van der Waals surface area contributed by atoms with Crippen LogP contribution in [0.4, 0.5) is 4.79 Å². The molecule has 1 aromatic rings. The van der Waals surface area contributed by atoms with Gasteiger partial charge in [0.25, 0.3) is 0 Å². The molecular weight excluding hydrogens is 313 g/mol. The van der Waals surface area contributed by atoms with E-state index in [1.54, 1.807) is 12.1 Å². The number of nitrogens with one attached hydrogen (secondary N) is 1. The van der Waals surface area contributed by atoms with Crippen LogP contribution in [-0.2, 0) is 4.74 Å². The summed E-state index contributed by atoms with van der Waals surface area (Å²) in [5.74, 6) is 0.391. The van der Waals surface area contributed by atoms with Gasteiger partial charge in [0.1, 0.15) is 6.61 Å². The Labute approximate surface area is 113 Å². The highest BCUT2D eigenvalue weighted by Gasteiger charge is 2.25. The first-order valence-electron chi connectivity index (χ1n) is 4.61. The number of aromatic hydroxyl groups is 1. The number of hydrogen-bond acceptors (Lipinski definition) is 4. The number of rotatable bonds is 2. The van der Waals surface area contributed by atoms with Crippen LogP contribution in [0.15, 0.2) is 16.6 Å². The van der Waals surface area contributed by atoms with Crippen molar-refractivity contribution in [2.45, 2.75) is 6.04 Å². The van der Waals surface area contributed by atoms with Crippen molar-refractivity contribution in [3.05, 3.63) is 22.2 Å². The number of halogens is 2. The van der Waals surface area contributed by atoms with Crippen LogP contribution in [0.5, 0.6) is 11.5 Å². The number of phenolic OH excluding ortho intramolecular Hbond substituents is 1. The summed E-state index contributed by atoms with van der Waals surface area (Å²) in [6.45, 7) is 0.277. The number of cyclic esters (lactones) is 1. The molecule has 0 aliphatic carbocycles. The fourth-order valence-electron chi connectivity index (χ4n) is 1.51. The van der Waals surface area contributed by atoms with Crippen molar-refractivity contribution in [2.75, 3.05) is 13.7 Å². The van der Waals surface area contributed by atoms with Crippen molar-refractivity contribution >= 4 is 34.4 Å². The molecule has 1 aliphatic rings. The van der Waals surface area contributed by atoms with Gasteiger partial charge in [0.05, 0.1) is 17.6 Å². The van der Waals surface area contributed by atoms with Gasteiger partial charge in [0.15, 0.2) is 11.5 Å². The van der Waals surface area contributed by atoms with E-state index in [0.29, 0.717) is 10.2 Å². The molecule has 1 aliphatic heterocycles. The van der Waals surface area contributed by atoms with Crippen LogP contribution in [0, 0.1) is 0 Å². The summed E-state index contributed by atoms with van der Waals surface area (Å²) >= 11 is 3.22. The minimum Gasteiger partial charge on any atom is -0.503 e. The lowest BCUT2D eigenvalue weighted by Crippen LogP contribution is -2.18. The van der Waals surface area contributed by atoms with Gasteiger partial charge in [-0.1, -0.05) is 0 Å². The molecule has 94 valence electrons. The van der Waals surface area contributed by atoms with Gasteiger partial charge < -0.3 is 19.9 Å². The summed E-state index contributed by atoms with van der Waals surface area (Å²) in [6.07, 6.45) is -0.437. The van der Waals surface area contributed by atoms with Crippen LogP contribution in [0.25, 0.3) is 0 Å². The zero-order chi connectivity index (χ0) is 11.7. The fraction of sp³-hybridized carbons (Fsp3) is 0.300. The molecule has 0 saturated carbocycles. The first kappa shape index (κ1) is 13.9. The topological polar surface area (TPSA) is 67.8 Å². The maximum atomic E-state index is 10.9. The third kappa shape index (κ3) is 2.76. The highest BCUT2D eigenvalue weighted by atomic mass is 79.9. The van der Waals surface area contributed by atoms with E-state index in [1.165, 1.54) is 7.11 Å². The first-order valence-corrected chi connectivity index (χ1v) is 5.41. The Morgan fingerprint density at radius 2 is 2.29 bits per heavy atom. The molecular formula is C10H11BrClNO4. The molecule has 5 nitrogen and oxygen atoms in total. The Hall–Kier alpha value is -1.14. The molecule has 7 heteroatoms. The van der Waals surface area contributed by atoms with Gasteiger partial charge in [0.2, 0.25) is 0 Å². The fourth-order valence-corrected chi connectivity index (χ4v) is 1.97. The maximum Gasteiger partial charge on any atom is 0.407 e. The van der Waals surface area contributed by atoms with E-state index in [0.717, 1.165) is 5.56 Å². The highest BCUT2D eigenvalue weighted by molar-refractivity contribution is 9.10. The van der Waals surface area contributed by atoms with E-state index in [9.17, 15) is 9.90 Å². The van der Waals surface area contributed by atoms with E-state index < -0.39 is 6.09 Å². The quantitative estimate of drug-likeness (QED) is 0.876. The Kier molecular flexibility index (Phi) is 4.47. The predicted octanol–water partition coefficient (Wildman–Crippen LogP) is 2.37. The SMILES string of the molecule is COc1cc([C@H]2COC(=O)N2)cc(Br)c1O.Cl. The Bertz CT molecular complexity index is 441. The number of phenols is 1. The van der Waals surface area contributed by atoms with Crippen LogP contribution < -0.4 is 10.1 Å². The summed E-state index contributed by atoms with van der Waals surface area (Å²) in [5, 5.41) is 12.3. The van der Waals surface area contributed by atoms with Gasteiger partial charge >= 0.3 is 6.09 Å². The number of carbonyl (C=O) groups is 1. The van der Waals surface area contributed by atoms with E-state index in [2.05, 4.69) is 21.2 Å². The van der Waals surface area contributed by atoms with Gasteiger partial charge in [-0.15, -0.1) is 12.4 Å². The van der Waals surface area contributed by atoms with Crippen molar-refractivity contribution in [3.63, 3.8) is 0 Å². The molecule has 0 radical (unpaired) electrons. The average molecular weight is 325 g/mol. The summed E-state index contributed by atoms with van der Waals surface area (Å²) in [4.78, 5) is 10.9. The largest absolute Gasteiger partial charge is 0.503 e. The zero-order valence-electron chi connectivity index (χ0n) is 8.90. The van der Waals surface area contributed by atoms with Crippen LogP contribution in [-0.4, -0.2) is 24.9 Å². The summed E-state index contributed by atoms with van der Waals surface area (Å²) < 4.78 is 10.3. The molecule has 2 rings (SSSR count). The zero-order valence-corrected chi connectivity index (χ0v) is 11.3.